The first-order valence-corrected chi connectivity index (χ1v) is 10.9. The molecule has 0 spiro atoms. The van der Waals surface area contributed by atoms with Crippen molar-refractivity contribution in [1.29, 1.82) is 0 Å². The molecule has 0 aromatic heterocycles. The normalized spacial score (nSPS) is 13.4. The minimum atomic E-state index is -0.865. The monoisotopic (exact) mass is 401 g/mol. The Morgan fingerprint density at radius 3 is 2.31 bits per heavy atom. The van der Waals surface area contributed by atoms with Gasteiger partial charge in [-0.15, -0.1) is 0 Å². The van der Waals surface area contributed by atoms with Gasteiger partial charge in [0, 0.05) is 11.6 Å². The number of rotatable bonds is 13. The van der Waals surface area contributed by atoms with Gasteiger partial charge in [0.05, 0.1) is 12.7 Å². The molecule has 0 amide bonds. The van der Waals surface area contributed by atoms with E-state index in [-0.39, 0.29) is 11.8 Å². The number of hydrogen-bond acceptors (Lipinski definition) is 3. The third kappa shape index (κ3) is 7.45. The van der Waals surface area contributed by atoms with Gasteiger partial charge in [0.1, 0.15) is 0 Å². The van der Waals surface area contributed by atoms with Gasteiger partial charge in [-0.05, 0) is 50.3 Å². The molecule has 29 heavy (non-hydrogen) atoms. The van der Waals surface area contributed by atoms with E-state index in [0.717, 1.165) is 25.7 Å². The van der Waals surface area contributed by atoms with Gasteiger partial charge in [0.25, 0.3) is 0 Å². The number of benzene rings is 2. The van der Waals surface area contributed by atoms with Crippen LogP contribution in [0.15, 0.2) is 48.5 Å². The predicted molar refractivity (Wildman–Crippen MR) is 118 cm³/mol. The average molecular weight is 402 g/mol. The van der Waals surface area contributed by atoms with Gasteiger partial charge >= 0.3 is 0 Å². The van der Waals surface area contributed by atoms with Crippen LogP contribution < -0.4 is 10.1 Å². The van der Waals surface area contributed by atoms with Crippen molar-refractivity contribution in [3.05, 3.63) is 65.5 Å². The van der Waals surface area contributed by atoms with Crippen LogP contribution in [-0.4, -0.2) is 18.3 Å². The summed E-state index contributed by atoms with van der Waals surface area (Å²) in [6.07, 6.45) is 3.95. The highest BCUT2D eigenvalue weighted by Gasteiger charge is 2.18. The molecule has 2 N–H and O–H groups in total. The first kappa shape index (κ1) is 23.4. The molecule has 2 atom stereocenters. The van der Waals surface area contributed by atoms with Crippen LogP contribution in [0.4, 0.5) is 4.39 Å². The van der Waals surface area contributed by atoms with Crippen molar-refractivity contribution in [2.24, 2.45) is 5.92 Å². The smallest absolute Gasteiger partial charge is 0.170 e. The number of aliphatic hydroxyl groups is 1. The van der Waals surface area contributed by atoms with Crippen LogP contribution in [-0.2, 0) is 0 Å². The minimum Gasteiger partial charge on any atom is -0.490 e. The lowest BCUT2D eigenvalue weighted by Gasteiger charge is -2.19. The number of hydrogen-bond donors (Lipinski definition) is 2. The Kier molecular flexibility index (Phi) is 10.2. The standard InChI is InChI=1S/C25H36FNO2/c1-4-10-20(11-5-2)18-29-24-15-9-14-22(25(24)26)23(28)16-17-27-19(3)21-12-7-6-8-13-21/h6-9,12-15,19-20,23,27-28H,4-5,10-11,16-18H2,1-3H3/t19-,23+/m0/s1. The molecule has 0 radical (unpaired) electrons. The van der Waals surface area contributed by atoms with Crippen LogP contribution in [0.5, 0.6) is 5.75 Å². The molecule has 0 heterocycles. The number of nitrogens with one attached hydrogen (secondary N) is 1. The maximum Gasteiger partial charge on any atom is 0.170 e. The zero-order valence-corrected chi connectivity index (χ0v) is 18.0. The van der Waals surface area contributed by atoms with E-state index >= 15 is 0 Å². The van der Waals surface area contributed by atoms with Crippen LogP contribution in [0.2, 0.25) is 0 Å². The van der Waals surface area contributed by atoms with E-state index in [4.69, 9.17) is 4.74 Å². The summed E-state index contributed by atoms with van der Waals surface area (Å²) in [6.45, 7) is 7.52. The lowest BCUT2D eigenvalue weighted by atomic mass is 9.99. The van der Waals surface area contributed by atoms with E-state index in [2.05, 4.69) is 38.2 Å². The quantitative estimate of drug-likeness (QED) is 0.420. The van der Waals surface area contributed by atoms with E-state index in [1.165, 1.54) is 5.56 Å². The molecule has 0 aliphatic rings. The summed E-state index contributed by atoms with van der Waals surface area (Å²) in [5.74, 6) is 0.244. The molecule has 0 aliphatic heterocycles. The lowest BCUT2D eigenvalue weighted by Crippen LogP contribution is -2.21. The van der Waals surface area contributed by atoms with Gasteiger partial charge in [-0.2, -0.15) is 0 Å². The fourth-order valence-electron chi connectivity index (χ4n) is 3.68. The molecule has 0 bridgehead atoms. The van der Waals surface area contributed by atoms with Gasteiger partial charge in [0.2, 0.25) is 0 Å². The summed E-state index contributed by atoms with van der Waals surface area (Å²) >= 11 is 0. The highest BCUT2D eigenvalue weighted by molar-refractivity contribution is 5.32. The topological polar surface area (TPSA) is 41.5 Å². The Labute approximate surface area is 175 Å². The van der Waals surface area contributed by atoms with E-state index in [1.807, 2.05) is 18.2 Å². The summed E-state index contributed by atoms with van der Waals surface area (Å²) in [6, 6.07) is 15.4. The Balaban J connectivity index is 1.90. The molecule has 2 aromatic rings. The fourth-order valence-corrected chi connectivity index (χ4v) is 3.68. The Morgan fingerprint density at radius 2 is 1.66 bits per heavy atom. The summed E-state index contributed by atoms with van der Waals surface area (Å²) < 4.78 is 20.7. The maximum atomic E-state index is 14.9. The zero-order chi connectivity index (χ0) is 21.1. The van der Waals surface area contributed by atoms with Crippen molar-refractivity contribution >= 4 is 0 Å². The summed E-state index contributed by atoms with van der Waals surface area (Å²) in [4.78, 5) is 0. The van der Waals surface area contributed by atoms with Crippen molar-refractivity contribution in [1.82, 2.24) is 5.32 Å². The van der Waals surface area contributed by atoms with E-state index in [9.17, 15) is 9.50 Å². The number of ether oxygens (including phenoxy) is 1. The summed E-state index contributed by atoms with van der Waals surface area (Å²) in [7, 11) is 0. The van der Waals surface area contributed by atoms with Crippen molar-refractivity contribution in [3.63, 3.8) is 0 Å². The van der Waals surface area contributed by atoms with Crippen LogP contribution in [0.25, 0.3) is 0 Å². The molecule has 0 unspecified atom stereocenters. The summed E-state index contributed by atoms with van der Waals surface area (Å²) in [5, 5.41) is 13.9. The maximum absolute atomic E-state index is 14.9. The fraction of sp³-hybridized carbons (Fsp3) is 0.520. The van der Waals surface area contributed by atoms with Crippen molar-refractivity contribution in [2.45, 2.75) is 65.0 Å². The summed E-state index contributed by atoms with van der Waals surface area (Å²) in [5.41, 5.74) is 1.50. The van der Waals surface area contributed by atoms with Gasteiger partial charge in [0.15, 0.2) is 11.6 Å². The van der Waals surface area contributed by atoms with Gasteiger partial charge < -0.3 is 15.2 Å². The SMILES string of the molecule is CCCC(CCC)COc1cccc([C@H](O)CCN[C@@H](C)c2ccccc2)c1F. The van der Waals surface area contributed by atoms with E-state index in [1.54, 1.807) is 18.2 Å². The predicted octanol–water partition coefficient (Wildman–Crippen LogP) is 6.20. The third-order valence-corrected chi connectivity index (χ3v) is 5.39. The molecule has 3 nitrogen and oxygen atoms in total. The number of halogens is 1. The van der Waals surface area contributed by atoms with Crippen LogP contribution in [0, 0.1) is 11.7 Å². The molecular formula is C25H36FNO2. The molecular weight excluding hydrogens is 365 g/mol. The van der Waals surface area contributed by atoms with Crippen molar-refractivity contribution in [2.75, 3.05) is 13.2 Å². The van der Waals surface area contributed by atoms with Crippen molar-refractivity contribution in [3.8, 4) is 5.75 Å². The first-order valence-electron chi connectivity index (χ1n) is 10.9. The van der Waals surface area contributed by atoms with Crippen LogP contribution in [0.3, 0.4) is 0 Å². The van der Waals surface area contributed by atoms with Gasteiger partial charge in [-0.3, -0.25) is 0 Å². The van der Waals surface area contributed by atoms with Crippen LogP contribution >= 0.6 is 0 Å². The van der Waals surface area contributed by atoms with Gasteiger partial charge in [-0.25, -0.2) is 4.39 Å². The molecule has 4 heteroatoms. The van der Waals surface area contributed by atoms with E-state index < -0.39 is 11.9 Å². The average Bonchev–Trinajstić information content (AvgIpc) is 2.73. The molecule has 160 valence electrons. The zero-order valence-electron chi connectivity index (χ0n) is 18.0. The van der Waals surface area contributed by atoms with Gasteiger partial charge in [-0.1, -0.05) is 69.2 Å². The lowest BCUT2D eigenvalue weighted by molar-refractivity contribution is 0.158. The Morgan fingerprint density at radius 1 is 0.966 bits per heavy atom. The number of aliphatic hydroxyl groups excluding tert-OH is 1. The molecule has 2 aromatic carbocycles. The highest BCUT2D eigenvalue weighted by Crippen LogP contribution is 2.28. The second kappa shape index (κ2) is 12.6. The minimum absolute atomic E-state index is 0.178. The molecule has 0 saturated carbocycles. The third-order valence-electron chi connectivity index (χ3n) is 5.39. The second-order valence-electron chi connectivity index (χ2n) is 7.80. The Hall–Kier alpha value is -1.91. The highest BCUT2D eigenvalue weighted by atomic mass is 19.1. The Bertz CT molecular complexity index is 701. The first-order chi connectivity index (χ1) is 14.1. The van der Waals surface area contributed by atoms with E-state index in [0.29, 0.717) is 31.1 Å². The van der Waals surface area contributed by atoms with Crippen molar-refractivity contribution < 1.29 is 14.2 Å². The second-order valence-corrected chi connectivity index (χ2v) is 7.80. The largest absolute Gasteiger partial charge is 0.490 e. The molecule has 0 saturated heterocycles. The molecule has 2 rings (SSSR count). The molecule has 0 aliphatic carbocycles. The van der Waals surface area contributed by atoms with Crippen LogP contribution in [0.1, 0.15) is 76.1 Å². The molecule has 0 fully saturated rings.